The Hall–Kier alpha value is -4.08. The van der Waals surface area contributed by atoms with Crippen molar-refractivity contribution in [3.8, 4) is 11.5 Å². The molecule has 2 aliphatic heterocycles. The number of nitrogens with zero attached hydrogens (tertiary/aromatic N) is 7. The Morgan fingerprint density at radius 2 is 1.76 bits per heavy atom. The van der Waals surface area contributed by atoms with Gasteiger partial charge in [0.1, 0.15) is 23.9 Å². The van der Waals surface area contributed by atoms with Gasteiger partial charge in [0, 0.05) is 48.8 Å². The molecule has 10 heteroatoms. The Kier molecular flexibility index (Phi) is 4.13. The fraction of sp³-hybridized carbons (Fsp3) is 0.304. The molecule has 6 rings (SSSR count). The SMILES string of the molecule is COc1ccc2c(c1)C1=C([C@H](c3cn(C)nc3C)O2)[C@H](c2cn(C)nc2C)n2ncnc2N1. The molecule has 0 aliphatic carbocycles. The predicted octanol–water partition coefficient (Wildman–Crippen LogP) is 2.93. The maximum absolute atomic E-state index is 6.68. The van der Waals surface area contributed by atoms with Crippen LogP contribution in [0.2, 0.25) is 0 Å². The standard InChI is InChI=1S/C23H24N8O2/c1-12-16(9-29(3)27-12)21-19-20(26-23-24-11-25-31(21)23)15-8-14(32-5)6-7-18(15)33-22(19)17-10-30(4)28-13(17)2/h6-11,21-22H,1-5H3,(H,24,25,26)/t21-,22-/m0/s1. The van der Waals surface area contributed by atoms with Crippen molar-refractivity contribution in [2.45, 2.75) is 26.0 Å². The van der Waals surface area contributed by atoms with Gasteiger partial charge in [0.05, 0.1) is 24.2 Å². The number of hydrogen-bond donors (Lipinski definition) is 1. The van der Waals surface area contributed by atoms with E-state index in [0.717, 1.165) is 50.8 Å². The van der Waals surface area contributed by atoms with Crippen molar-refractivity contribution in [1.29, 1.82) is 0 Å². The molecule has 10 nitrogen and oxygen atoms in total. The molecule has 4 aromatic rings. The number of aryl methyl sites for hydroxylation is 4. The zero-order valence-electron chi connectivity index (χ0n) is 19.1. The van der Waals surface area contributed by atoms with E-state index in [2.05, 4.69) is 25.6 Å². The highest BCUT2D eigenvalue weighted by molar-refractivity contribution is 5.85. The number of nitrogens with one attached hydrogen (secondary N) is 1. The maximum Gasteiger partial charge on any atom is 0.226 e. The molecular formula is C23H24N8O2. The number of rotatable bonds is 3. The minimum Gasteiger partial charge on any atom is -0.497 e. The van der Waals surface area contributed by atoms with Crippen LogP contribution >= 0.6 is 0 Å². The van der Waals surface area contributed by atoms with Crippen molar-refractivity contribution in [2.24, 2.45) is 14.1 Å². The van der Waals surface area contributed by atoms with Gasteiger partial charge in [-0.1, -0.05) is 0 Å². The van der Waals surface area contributed by atoms with Crippen molar-refractivity contribution in [3.63, 3.8) is 0 Å². The minimum atomic E-state index is -0.371. The fourth-order valence-corrected chi connectivity index (χ4v) is 4.89. The molecule has 1 aromatic carbocycles. The summed E-state index contributed by atoms with van der Waals surface area (Å²) in [5, 5.41) is 17.3. The molecule has 5 heterocycles. The van der Waals surface area contributed by atoms with Gasteiger partial charge in [-0.15, -0.1) is 0 Å². The number of benzene rings is 1. The lowest BCUT2D eigenvalue weighted by atomic mass is 9.85. The largest absolute Gasteiger partial charge is 0.497 e. The average Bonchev–Trinajstić information content (AvgIpc) is 3.49. The maximum atomic E-state index is 6.68. The molecule has 0 bridgehead atoms. The van der Waals surface area contributed by atoms with Crippen LogP contribution in [0.15, 0.2) is 42.5 Å². The van der Waals surface area contributed by atoms with Gasteiger partial charge in [-0.25, -0.2) is 4.68 Å². The van der Waals surface area contributed by atoms with Gasteiger partial charge in [-0.2, -0.15) is 20.3 Å². The van der Waals surface area contributed by atoms with E-state index >= 15 is 0 Å². The van der Waals surface area contributed by atoms with E-state index < -0.39 is 0 Å². The second-order valence-electron chi connectivity index (χ2n) is 8.43. The van der Waals surface area contributed by atoms with Crippen molar-refractivity contribution in [1.82, 2.24) is 34.3 Å². The summed E-state index contributed by atoms with van der Waals surface area (Å²) in [6, 6.07) is 5.59. The summed E-state index contributed by atoms with van der Waals surface area (Å²) in [6.45, 7) is 4.02. The predicted molar refractivity (Wildman–Crippen MR) is 121 cm³/mol. The van der Waals surface area contributed by atoms with E-state index in [1.54, 1.807) is 13.4 Å². The topological polar surface area (TPSA) is 96.8 Å². The molecule has 0 amide bonds. The lowest BCUT2D eigenvalue weighted by Gasteiger charge is -2.38. The Bertz CT molecular complexity index is 1430. The van der Waals surface area contributed by atoms with E-state index in [-0.39, 0.29) is 12.1 Å². The molecule has 0 radical (unpaired) electrons. The summed E-state index contributed by atoms with van der Waals surface area (Å²) in [4.78, 5) is 4.49. The van der Waals surface area contributed by atoms with Gasteiger partial charge in [0.15, 0.2) is 6.10 Å². The van der Waals surface area contributed by atoms with Gasteiger partial charge in [0.25, 0.3) is 0 Å². The van der Waals surface area contributed by atoms with Crippen LogP contribution in [0.25, 0.3) is 5.70 Å². The summed E-state index contributed by atoms with van der Waals surface area (Å²) in [5.41, 5.74) is 6.78. The van der Waals surface area contributed by atoms with Crippen molar-refractivity contribution < 1.29 is 9.47 Å². The molecule has 1 N–H and O–H groups in total. The van der Waals surface area contributed by atoms with Gasteiger partial charge < -0.3 is 14.8 Å². The summed E-state index contributed by atoms with van der Waals surface area (Å²) in [5.74, 6) is 2.19. The second-order valence-corrected chi connectivity index (χ2v) is 8.43. The average molecular weight is 444 g/mol. The Morgan fingerprint density at radius 1 is 1.03 bits per heavy atom. The summed E-state index contributed by atoms with van der Waals surface area (Å²) in [6.07, 6.45) is 5.25. The molecule has 2 aliphatic rings. The minimum absolute atomic E-state index is 0.253. The fourth-order valence-electron chi connectivity index (χ4n) is 4.89. The van der Waals surface area contributed by atoms with Crippen molar-refractivity contribution >= 4 is 11.6 Å². The Labute approximate surface area is 190 Å². The first-order valence-corrected chi connectivity index (χ1v) is 10.7. The third-order valence-corrected chi connectivity index (χ3v) is 6.30. The number of hydrogen-bond acceptors (Lipinski definition) is 7. The lowest BCUT2D eigenvalue weighted by Crippen LogP contribution is -2.32. The zero-order valence-corrected chi connectivity index (χ0v) is 19.1. The van der Waals surface area contributed by atoms with E-state index in [1.807, 2.05) is 72.6 Å². The molecule has 168 valence electrons. The van der Waals surface area contributed by atoms with E-state index in [1.165, 1.54) is 0 Å². The first-order valence-electron chi connectivity index (χ1n) is 10.7. The molecule has 3 aromatic heterocycles. The van der Waals surface area contributed by atoms with E-state index in [4.69, 9.17) is 9.47 Å². The molecule has 2 atom stereocenters. The van der Waals surface area contributed by atoms with Crippen LogP contribution in [0.3, 0.4) is 0 Å². The second kappa shape index (κ2) is 6.96. The van der Waals surface area contributed by atoms with Gasteiger partial charge in [-0.05, 0) is 32.0 Å². The molecule has 0 spiro atoms. The zero-order chi connectivity index (χ0) is 22.9. The summed E-state index contributed by atoms with van der Waals surface area (Å²) < 4.78 is 17.7. The molecule has 33 heavy (non-hydrogen) atoms. The third kappa shape index (κ3) is 2.86. The Morgan fingerprint density at radius 3 is 2.42 bits per heavy atom. The highest BCUT2D eigenvalue weighted by Crippen LogP contribution is 2.51. The summed E-state index contributed by atoms with van der Waals surface area (Å²) in [7, 11) is 5.51. The molecule has 0 fully saturated rings. The van der Waals surface area contributed by atoms with Gasteiger partial charge >= 0.3 is 0 Å². The number of methoxy groups -OCH3 is 1. The monoisotopic (exact) mass is 444 g/mol. The molecule has 0 saturated carbocycles. The molecule has 0 saturated heterocycles. The number of anilines is 1. The van der Waals surface area contributed by atoms with Crippen LogP contribution in [-0.4, -0.2) is 41.4 Å². The van der Waals surface area contributed by atoms with E-state index in [9.17, 15) is 0 Å². The first kappa shape index (κ1) is 19.6. The third-order valence-electron chi connectivity index (χ3n) is 6.30. The van der Waals surface area contributed by atoms with Crippen LogP contribution < -0.4 is 14.8 Å². The van der Waals surface area contributed by atoms with Gasteiger partial charge in [0.2, 0.25) is 5.95 Å². The number of ether oxygens (including phenoxy) is 2. The smallest absolute Gasteiger partial charge is 0.226 e. The molecule has 0 unspecified atom stereocenters. The Balaban J connectivity index is 1.66. The number of aromatic nitrogens is 7. The van der Waals surface area contributed by atoms with Crippen LogP contribution in [-0.2, 0) is 14.1 Å². The van der Waals surface area contributed by atoms with Crippen LogP contribution in [0, 0.1) is 13.8 Å². The van der Waals surface area contributed by atoms with Crippen molar-refractivity contribution in [2.75, 3.05) is 12.4 Å². The highest BCUT2D eigenvalue weighted by atomic mass is 16.5. The van der Waals surface area contributed by atoms with Crippen LogP contribution in [0.4, 0.5) is 5.95 Å². The normalized spacial score (nSPS) is 18.8. The quantitative estimate of drug-likeness (QED) is 0.519. The lowest BCUT2D eigenvalue weighted by molar-refractivity contribution is 0.222. The van der Waals surface area contributed by atoms with Crippen molar-refractivity contribution in [3.05, 3.63) is 70.6 Å². The van der Waals surface area contributed by atoms with Crippen LogP contribution in [0.1, 0.15) is 40.2 Å². The van der Waals surface area contributed by atoms with E-state index in [0.29, 0.717) is 5.95 Å². The first-order chi connectivity index (χ1) is 15.9. The van der Waals surface area contributed by atoms with Crippen LogP contribution in [0.5, 0.6) is 11.5 Å². The van der Waals surface area contributed by atoms with Gasteiger partial charge in [-0.3, -0.25) is 9.36 Å². The highest BCUT2D eigenvalue weighted by Gasteiger charge is 2.43. The summed E-state index contributed by atoms with van der Waals surface area (Å²) >= 11 is 0. The number of fused-ring (bicyclic) bond motifs is 3. The molecular weight excluding hydrogens is 420 g/mol.